The fourth-order valence-corrected chi connectivity index (χ4v) is 2.50. The normalized spacial score (nSPS) is 18.2. The Balaban J connectivity index is 2.21. The lowest BCUT2D eigenvalue weighted by Gasteiger charge is -2.14. The van der Waals surface area contributed by atoms with Gasteiger partial charge in [0.05, 0.1) is 6.07 Å². The van der Waals surface area contributed by atoms with E-state index >= 15 is 0 Å². The van der Waals surface area contributed by atoms with Crippen molar-refractivity contribution in [3.05, 3.63) is 34.3 Å². The van der Waals surface area contributed by atoms with Crippen LogP contribution >= 0.6 is 15.9 Å². The predicted octanol–water partition coefficient (Wildman–Crippen LogP) is 3.67. The van der Waals surface area contributed by atoms with E-state index in [1.807, 2.05) is 31.2 Å². The van der Waals surface area contributed by atoms with Gasteiger partial charge in [-0.3, -0.25) is 4.79 Å². The highest BCUT2D eigenvalue weighted by atomic mass is 79.9. The molecular weight excluding hydrogens is 278 g/mol. The highest BCUT2D eigenvalue weighted by Gasteiger charge is 2.36. The molecule has 0 aliphatic heterocycles. The van der Waals surface area contributed by atoms with Gasteiger partial charge in [0, 0.05) is 10.4 Å². The highest BCUT2D eigenvalue weighted by molar-refractivity contribution is 9.10. The van der Waals surface area contributed by atoms with E-state index in [-0.39, 0.29) is 11.7 Å². The van der Waals surface area contributed by atoms with Crippen molar-refractivity contribution < 1.29 is 4.79 Å². The van der Waals surface area contributed by atoms with Gasteiger partial charge in [-0.1, -0.05) is 35.0 Å². The summed E-state index contributed by atoms with van der Waals surface area (Å²) in [5, 5.41) is 9.21. The van der Waals surface area contributed by atoms with Crippen LogP contribution in [0.4, 0.5) is 0 Å². The first-order valence-corrected chi connectivity index (χ1v) is 6.61. The van der Waals surface area contributed by atoms with Crippen LogP contribution < -0.4 is 0 Å². The molecule has 1 saturated carbocycles. The number of hydrogen-bond acceptors (Lipinski definition) is 2. The maximum absolute atomic E-state index is 12.2. The van der Waals surface area contributed by atoms with Crippen molar-refractivity contribution in [1.29, 1.82) is 5.26 Å². The Labute approximate surface area is 110 Å². The molecule has 0 N–H and O–H groups in total. The number of nitrogens with zero attached hydrogens (tertiary/aromatic N) is 1. The van der Waals surface area contributed by atoms with Gasteiger partial charge in [-0.15, -0.1) is 0 Å². The third-order valence-corrected chi connectivity index (χ3v) is 3.87. The van der Waals surface area contributed by atoms with E-state index in [0.29, 0.717) is 5.92 Å². The minimum absolute atomic E-state index is 0.0126. The number of carbonyl (C=O) groups is 1. The number of carbonyl (C=O) groups excluding carboxylic acids is 1. The second-order valence-electron chi connectivity index (χ2n) is 4.65. The number of rotatable bonds is 4. The summed E-state index contributed by atoms with van der Waals surface area (Å²) < 4.78 is 0.905. The first-order valence-electron chi connectivity index (χ1n) is 5.82. The minimum Gasteiger partial charge on any atom is -0.298 e. The predicted molar refractivity (Wildman–Crippen MR) is 69.4 cm³/mol. The molecule has 1 aliphatic carbocycles. The number of halogens is 1. The van der Waals surface area contributed by atoms with Crippen molar-refractivity contribution in [2.24, 2.45) is 11.8 Å². The van der Waals surface area contributed by atoms with Crippen molar-refractivity contribution in [1.82, 2.24) is 0 Å². The van der Waals surface area contributed by atoms with Crippen molar-refractivity contribution in [3.8, 4) is 6.07 Å². The molecule has 2 unspecified atom stereocenters. The van der Waals surface area contributed by atoms with Gasteiger partial charge in [-0.2, -0.15) is 5.26 Å². The van der Waals surface area contributed by atoms with Gasteiger partial charge in [-0.05, 0) is 36.5 Å². The van der Waals surface area contributed by atoms with Crippen LogP contribution in [0.3, 0.4) is 0 Å². The molecule has 1 aliphatic rings. The molecule has 0 radical (unpaired) electrons. The van der Waals surface area contributed by atoms with Gasteiger partial charge in [0.2, 0.25) is 0 Å². The zero-order chi connectivity index (χ0) is 12.4. The van der Waals surface area contributed by atoms with Crippen LogP contribution in [-0.4, -0.2) is 5.78 Å². The van der Waals surface area contributed by atoms with E-state index in [0.717, 1.165) is 22.9 Å². The summed E-state index contributed by atoms with van der Waals surface area (Å²) in [5.74, 6) is -0.0414. The molecule has 88 valence electrons. The second-order valence-corrected chi connectivity index (χ2v) is 5.56. The van der Waals surface area contributed by atoms with Gasteiger partial charge < -0.3 is 0 Å². The Morgan fingerprint density at radius 3 is 2.76 bits per heavy atom. The maximum atomic E-state index is 12.2. The SMILES string of the molecule is CC(C(=O)C(C#N)c1cccc(Br)c1)C1CC1. The minimum atomic E-state index is -0.622. The summed E-state index contributed by atoms with van der Waals surface area (Å²) in [7, 11) is 0. The number of nitriles is 1. The van der Waals surface area contributed by atoms with E-state index < -0.39 is 5.92 Å². The Kier molecular flexibility index (Phi) is 3.63. The first-order chi connectivity index (χ1) is 8.13. The zero-order valence-corrected chi connectivity index (χ0v) is 11.3. The molecule has 0 heterocycles. The average molecular weight is 292 g/mol. The maximum Gasteiger partial charge on any atom is 0.157 e. The van der Waals surface area contributed by atoms with Crippen LogP contribution in [0.5, 0.6) is 0 Å². The fourth-order valence-electron chi connectivity index (χ4n) is 2.08. The van der Waals surface area contributed by atoms with Crippen LogP contribution in [0.2, 0.25) is 0 Å². The van der Waals surface area contributed by atoms with Crippen LogP contribution in [0.1, 0.15) is 31.2 Å². The smallest absolute Gasteiger partial charge is 0.157 e. The molecule has 2 rings (SSSR count). The lowest BCUT2D eigenvalue weighted by atomic mass is 9.87. The number of Topliss-reactive ketones (excluding diaryl/α,β-unsaturated/α-hetero) is 1. The van der Waals surface area contributed by atoms with Gasteiger partial charge >= 0.3 is 0 Å². The van der Waals surface area contributed by atoms with Crippen molar-refractivity contribution >= 4 is 21.7 Å². The summed E-state index contributed by atoms with van der Waals surface area (Å²) in [6, 6.07) is 9.59. The molecule has 0 bridgehead atoms. The molecule has 2 nitrogen and oxygen atoms in total. The Morgan fingerprint density at radius 2 is 2.24 bits per heavy atom. The molecule has 17 heavy (non-hydrogen) atoms. The summed E-state index contributed by atoms with van der Waals surface area (Å²) in [4.78, 5) is 12.2. The molecular formula is C14H14BrNO. The van der Waals surface area contributed by atoms with Gasteiger partial charge in [0.15, 0.2) is 5.78 Å². The standard InChI is InChI=1S/C14H14BrNO/c1-9(10-5-6-10)14(17)13(8-16)11-3-2-4-12(15)7-11/h2-4,7,9-10,13H,5-6H2,1H3. The molecule has 0 spiro atoms. The molecule has 2 atom stereocenters. The van der Waals surface area contributed by atoms with Crippen molar-refractivity contribution in [2.45, 2.75) is 25.7 Å². The van der Waals surface area contributed by atoms with E-state index in [1.54, 1.807) is 0 Å². The van der Waals surface area contributed by atoms with Crippen LogP contribution in [-0.2, 0) is 4.79 Å². The second kappa shape index (κ2) is 5.01. The Bertz CT molecular complexity index is 473. The zero-order valence-electron chi connectivity index (χ0n) is 9.69. The van der Waals surface area contributed by atoms with E-state index in [1.165, 1.54) is 0 Å². The van der Waals surface area contributed by atoms with Gasteiger partial charge in [0.1, 0.15) is 5.92 Å². The molecule has 1 aromatic rings. The third kappa shape index (κ3) is 2.76. The Morgan fingerprint density at radius 1 is 1.53 bits per heavy atom. The van der Waals surface area contributed by atoms with Crippen molar-refractivity contribution in [3.63, 3.8) is 0 Å². The first kappa shape index (κ1) is 12.3. The summed E-state index contributed by atoms with van der Waals surface area (Å²) in [6.45, 7) is 1.95. The molecule has 1 aromatic carbocycles. The van der Waals surface area contributed by atoms with E-state index in [9.17, 15) is 10.1 Å². The summed E-state index contributed by atoms with van der Waals surface area (Å²) >= 11 is 3.37. The highest BCUT2D eigenvalue weighted by Crippen LogP contribution is 2.39. The number of benzene rings is 1. The molecule has 0 amide bonds. The van der Waals surface area contributed by atoms with Gasteiger partial charge in [-0.25, -0.2) is 0 Å². The number of hydrogen-bond donors (Lipinski definition) is 0. The molecule has 1 fully saturated rings. The van der Waals surface area contributed by atoms with Gasteiger partial charge in [0.25, 0.3) is 0 Å². The summed E-state index contributed by atoms with van der Waals surface area (Å²) in [5.41, 5.74) is 0.791. The quantitative estimate of drug-likeness (QED) is 0.849. The molecule has 0 saturated heterocycles. The Hall–Kier alpha value is -1.14. The monoisotopic (exact) mass is 291 g/mol. The summed E-state index contributed by atoms with van der Waals surface area (Å²) in [6.07, 6.45) is 2.26. The van der Waals surface area contributed by atoms with Crippen LogP contribution in [0, 0.1) is 23.2 Å². The topological polar surface area (TPSA) is 40.9 Å². The lowest BCUT2D eigenvalue weighted by molar-refractivity contribution is -0.123. The lowest BCUT2D eigenvalue weighted by Crippen LogP contribution is -2.20. The van der Waals surface area contributed by atoms with E-state index in [4.69, 9.17) is 0 Å². The third-order valence-electron chi connectivity index (χ3n) is 3.37. The van der Waals surface area contributed by atoms with Crippen LogP contribution in [0.15, 0.2) is 28.7 Å². The largest absolute Gasteiger partial charge is 0.298 e. The van der Waals surface area contributed by atoms with Crippen LogP contribution in [0.25, 0.3) is 0 Å². The van der Waals surface area contributed by atoms with Crippen molar-refractivity contribution in [2.75, 3.05) is 0 Å². The molecule has 3 heteroatoms. The molecule has 0 aromatic heterocycles. The average Bonchev–Trinajstić information content (AvgIpc) is 3.13. The fraction of sp³-hybridized carbons (Fsp3) is 0.429. The number of ketones is 1. The van der Waals surface area contributed by atoms with E-state index in [2.05, 4.69) is 22.0 Å².